The number of hydrogen-bond acceptors (Lipinski definition) is 3. The fourth-order valence-corrected chi connectivity index (χ4v) is 3.14. The third-order valence-electron chi connectivity index (χ3n) is 4.77. The first kappa shape index (κ1) is 18.9. The van der Waals surface area contributed by atoms with Gasteiger partial charge in [-0.1, -0.05) is 56.3 Å². The second-order valence-corrected chi connectivity index (χ2v) is 6.55. The minimum Gasteiger partial charge on any atom is -0.348 e. The molecule has 2 N–H and O–H groups in total. The smallest absolute Gasteiger partial charge is 0.252 e. The first-order valence-electron chi connectivity index (χ1n) is 9.31. The summed E-state index contributed by atoms with van der Waals surface area (Å²) in [5.74, 6) is -0.246. The number of carbonyl (C=O) groups excluding carboxylic acids is 1. The van der Waals surface area contributed by atoms with Crippen LogP contribution in [0.15, 0.2) is 59.4 Å². The molecule has 0 aliphatic heterocycles. The topological polar surface area (TPSA) is 65.2 Å². The lowest BCUT2D eigenvalue weighted by molar-refractivity contribution is 0.0952. The lowest BCUT2D eigenvalue weighted by atomic mass is 10.1. The number of pyridine rings is 1. The Hall–Kier alpha value is -2.92. The van der Waals surface area contributed by atoms with Crippen LogP contribution in [0.1, 0.15) is 35.3 Å². The largest absolute Gasteiger partial charge is 0.348 e. The number of aromatic nitrogens is 1. The van der Waals surface area contributed by atoms with Crippen molar-refractivity contribution in [1.82, 2.24) is 15.2 Å². The molecule has 1 aromatic heterocycles. The van der Waals surface area contributed by atoms with Gasteiger partial charge in [-0.2, -0.15) is 0 Å². The molecule has 1 heterocycles. The number of nitrogens with zero attached hydrogens (tertiary/aromatic N) is 1. The van der Waals surface area contributed by atoms with Gasteiger partial charge in [0.2, 0.25) is 5.56 Å². The van der Waals surface area contributed by atoms with Crippen molar-refractivity contribution in [1.29, 1.82) is 0 Å². The summed E-state index contributed by atoms with van der Waals surface area (Å²) in [4.78, 5) is 29.5. The van der Waals surface area contributed by atoms with Gasteiger partial charge in [0.1, 0.15) is 0 Å². The molecular formula is C22H25N3O2. The average Bonchev–Trinajstić information content (AvgIpc) is 2.70. The van der Waals surface area contributed by atoms with Crippen molar-refractivity contribution in [2.75, 3.05) is 13.1 Å². The van der Waals surface area contributed by atoms with Crippen LogP contribution in [0, 0.1) is 0 Å². The average molecular weight is 363 g/mol. The van der Waals surface area contributed by atoms with Crippen molar-refractivity contribution in [2.24, 2.45) is 0 Å². The molecule has 0 spiro atoms. The quantitative estimate of drug-likeness (QED) is 0.677. The molecule has 3 rings (SSSR count). The maximum absolute atomic E-state index is 12.6. The lowest BCUT2D eigenvalue weighted by Crippen LogP contribution is -2.25. The number of para-hydroxylation sites is 1. The molecular weight excluding hydrogens is 338 g/mol. The van der Waals surface area contributed by atoms with Crippen molar-refractivity contribution in [3.05, 3.63) is 81.6 Å². The Balaban J connectivity index is 1.69. The number of fused-ring (bicyclic) bond motifs is 1. The van der Waals surface area contributed by atoms with E-state index in [4.69, 9.17) is 0 Å². The Morgan fingerprint density at radius 3 is 2.37 bits per heavy atom. The van der Waals surface area contributed by atoms with E-state index in [1.807, 2.05) is 30.3 Å². The van der Waals surface area contributed by atoms with E-state index < -0.39 is 0 Å². The molecule has 27 heavy (non-hydrogen) atoms. The van der Waals surface area contributed by atoms with Gasteiger partial charge in [-0.3, -0.25) is 14.5 Å². The molecule has 0 bridgehead atoms. The maximum atomic E-state index is 12.6. The van der Waals surface area contributed by atoms with E-state index in [-0.39, 0.29) is 11.5 Å². The van der Waals surface area contributed by atoms with Crippen molar-refractivity contribution < 1.29 is 4.79 Å². The Kier molecular flexibility index (Phi) is 6.04. The molecule has 0 unspecified atom stereocenters. The molecule has 3 aromatic rings. The van der Waals surface area contributed by atoms with Crippen LogP contribution in [-0.4, -0.2) is 28.9 Å². The molecule has 5 nitrogen and oxygen atoms in total. The fraction of sp³-hybridized carbons (Fsp3) is 0.273. The third kappa shape index (κ3) is 4.63. The summed E-state index contributed by atoms with van der Waals surface area (Å²) in [7, 11) is 0. The normalized spacial score (nSPS) is 11.1. The first-order chi connectivity index (χ1) is 13.1. The minimum atomic E-state index is -0.278. The van der Waals surface area contributed by atoms with Crippen molar-refractivity contribution in [3.8, 4) is 0 Å². The van der Waals surface area contributed by atoms with E-state index >= 15 is 0 Å². The summed E-state index contributed by atoms with van der Waals surface area (Å²) in [6.07, 6.45) is 0. The van der Waals surface area contributed by atoms with Crippen molar-refractivity contribution in [2.45, 2.75) is 26.9 Å². The number of hydrogen-bond donors (Lipinski definition) is 2. The van der Waals surface area contributed by atoms with Crippen LogP contribution in [0.4, 0.5) is 0 Å². The van der Waals surface area contributed by atoms with Crippen LogP contribution in [0.3, 0.4) is 0 Å². The number of carbonyl (C=O) groups is 1. The fourth-order valence-electron chi connectivity index (χ4n) is 3.14. The Labute approximate surface area is 159 Å². The number of aromatic amines is 1. The van der Waals surface area contributed by atoms with Gasteiger partial charge in [-0.15, -0.1) is 0 Å². The number of benzene rings is 2. The summed E-state index contributed by atoms with van der Waals surface area (Å²) in [5.41, 5.74) is 3.07. The lowest BCUT2D eigenvalue weighted by Gasteiger charge is -2.18. The van der Waals surface area contributed by atoms with Crippen LogP contribution in [0.2, 0.25) is 0 Å². The zero-order valence-electron chi connectivity index (χ0n) is 15.8. The molecule has 0 fully saturated rings. The van der Waals surface area contributed by atoms with Gasteiger partial charge < -0.3 is 10.3 Å². The number of H-pyrrole nitrogens is 1. The molecule has 5 heteroatoms. The van der Waals surface area contributed by atoms with Gasteiger partial charge in [0.15, 0.2) is 0 Å². The Morgan fingerprint density at radius 2 is 1.67 bits per heavy atom. The molecule has 0 aliphatic carbocycles. The second-order valence-electron chi connectivity index (χ2n) is 6.55. The van der Waals surface area contributed by atoms with Crippen LogP contribution >= 0.6 is 0 Å². The van der Waals surface area contributed by atoms with Gasteiger partial charge >= 0.3 is 0 Å². The predicted octanol–water partition coefficient (Wildman–Crippen LogP) is 3.30. The van der Waals surface area contributed by atoms with Gasteiger partial charge in [-0.05, 0) is 30.3 Å². The van der Waals surface area contributed by atoms with Crippen LogP contribution in [0.5, 0.6) is 0 Å². The molecule has 2 aromatic carbocycles. The van der Waals surface area contributed by atoms with Gasteiger partial charge in [0, 0.05) is 30.1 Å². The summed E-state index contributed by atoms with van der Waals surface area (Å²) >= 11 is 0. The zero-order chi connectivity index (χ0) is 19.2. The highest BCUT2D eigenvalue weighted by molar-refractivity contribution is 6.05. The van der Waals surface area contributed by atoms with Gasteiger partial charge in [-0.25, -0.2) is 0 Å². The Bertz CT molecular complexity index is 973. The highest BCUT2D eigenvalue weighted by atomic mass is 16.2. The monoisotopic (exact) mass is 363 g/mol. The van der Waals surface area contributed by atoms with E-state index in [2.05, 4.69) is 41.2 Å². The summed E-state index contributed by atoms with van der Waals surface area (Å²) < 4.78 is 0. The number of rotatable bonds is 7. The Morgan fingerprint density at radius 1 is 1.00 bits per heavy atom. The standard InChI is InChI=1S/C22H25N3O2/c1-3-25(4-2)15-17-11-9-16(10-12-17)14-23-22(27)19-13-21(26)24-20-8-6-5-7-18(19)20/h5-13H,3-4,14-15H2,1-2H3,(H,23,27)(H,24,26). The predicted molar refractivity (Wildman–Crippen MR) is 109 cm³/mol. The first-order valence-corrected chi connectivity index (χ1v) is 9.31. The molecule has 0 aliphatic rings. The zero-order valence-corrected chi connectivity index (χ0v) is 15.8. The number of amides is 1. The van der Waals surface area contributed by atoms with E-state index in [1.54, 1.807) is 6.07 Å². The van der Waals surface area contributed by atoms with Gasteiger partial charge in [0.25, 0.3) is 5.91 Å². The van der Waals surface area contributed by atoms with E-state index in [0.29, 0.717) is 17.6 Å². The number of nitrogens with one attached hydrogen (secondary N) is 2. The summed E-state index contributed by atoms with van der Waals surface area (Å²) in [6.45, 7) is 7.72. The van der Waals surface area contributed by atoms with Crippen molar-refractivity contribution >= 4 is 16.8 Å². The molecule has 0 atom stereocenters. The molecule has 0 radical (unpaired) electrons. The molecule has 140 valence electrons. The van der Waals surface area contributed by atoms with E-state index in [9.17, 15) is 9.59 Å². The van der Waals surface area contributed by atoms with E-state index in [1.165, 1.54) is 11.6 Å². The molecule has 0 saturated carbocycles. The highest BCUT2D eigenvalue weighted by Gasteiger charge is 2.11. The SMILES string of the molecule is CCN(CC)Cc1ccc(CNC(=O)c2cc(=O)[nH]c3ccccc23)cc1. The second kappa shape index (κ2) is 8.64. The third-order valence-corrected chi connectivity index (χ3v) is 4.77. The van der Waals surface area contributed by atoms with Gasteiger partial charge in [0.05, 0.1) is 5.56 Å². The van der Waals surface area contributed by atoms with E-state index in [0.717, 1.165) is 30.6 Å². The highest BCUT2D eigenvalue weighted by Crippen LogP contribution is 2.15. The molecule has 0 saturated heterocycles. The maximum Gasteiger partial charge on any atom is 0.252 e. The summed E-state index contributed by atoms with van der Waals surface area (Å²) in [5, 5.41) is 3.66. The molecule has 1 amide bonds. The van der Waals surface area contributed by atoms with Crippen LogP contribution in [-0.2, 0) is 13.1 Å². The van der Waals surface area contributed by atoms with Crippen LogP contribution in [0.25, 0.3) is 10.9 Å². The van der Waals surface area contributed by atoms with Crippen molar-refractivity contribution in [3.63, 3.8) is 0 Å². The van der Waals surface area contributed by atoms with Crippen LogP contribution < -0.4 is 10.9 Å². The summed E-state index contributed by atoms with van der Waals surface area (Å²) in [6, 6.07) is 16.9. The minimum absolute atomic E-state index is 0.246.